The molecule has 7 nitrogen and oxygen atoms in total. The second-order valence-corrected chi connectivity index (χ2v) is 11.7. The average Bonchev–Trinajstić information content (AvgIpc) is 3.60. The van der Waals surface area contributed by atoms with Crippen LogP contribution in [-0.2, 0) is 31.2 Å². The van der Waals surface area contributed by atoms with Crippen molar-refractivity contribution in [1.29, 1.82) is 0 Å². The summed E-state index contributed by atoms with van der Waals surface area (Å²) in [6.45, 7) is 1.78. The Kier molecular flexibility index (Phi) is 6.24. The summed E-state index contributed by atoms with van der Waals surface area (Å²) in [6.07, 6.45) is 4.14. The maximum absolute atomic E-state index is 14.8. The number of amides is 2. The van der Waals surface area contributed by atoms with E-state index in [0.717, 1.165) is 5.57 Å². The first-order valence-electron chi connectivity index (χ1n) is 14.6. The lowest BCUT2D eigenvalue weighted by Gasteiger charge is -2.54. The van der Waals surface area contributed by atoms with Gasteiger partial charge in [0.15, 0.2) is 11.6 Å². The number of ketones is 2. The van der Waals surface area contributed by atoms with Crippen LogP contribution in [0, 0.1) is 23.7 Å². The fraction of sp³-hybridized carbons (Fsp3) is 0.314. The molecule has 2 heterocycles. The highest BCUT2D eigenvalue weighted by atomic mass is 16.4. The second kappa shape index (κ2) is 9.88. The van der Waals surface area contributed by atoms with Crippen molar-refractivity contribution in [2.45, 2.75) is 37.7 Å². The molecule has 212 valence electrons. The van der Waals surface area contributed by atoms with Crippen molar-refractivity contribution in [3.8, 4) is 0 Å². The summed E-state index contributed by atoms with van der Waals surface area (Å²) in [5.74, 6) is -2.94. The zero-order chi connectivity index (χ0) is 29.2. The quantitative estimate of drug-likeness (QED) is 0.360. The first-order chi connectivity index (χ1) is 20.4. The molecule has 7 rings (SSSR count). The number of benzene rings is 2. The van der Waals surface area contributed by atoms with Gasteiger partial charge in [0.05, 0.1) is 23.2 Å². The molecule has 1 N–H and O–H groups in total. The SMILES string of the molecule is CCN1C(=O)C2CC=C3C(CC4C(=O)C(c5ccccc5)=CC(=O)C4(c4ccccc4)C3c3ccc(CO)o3)C2C1=O. The van der Waals surface area contributed by atoms with Gasteiger partial charge < -0.3 is 9.52 Å². The summed E-state index contributed by atoms with van der Waals surface area (Å²) in [4.78, 5) is 57.8. The van der Waals surface area contributed by atoms with Gasteiger partial charge in [0.25, 0.3) is 0 Å². The molecule has 0 bridgehead atoms. The van der Waals surface area contributed by atoms with Gasteiger partial charge >= 0.3 is 0 Å². The molecule has 0 spiro atoms. The number of rotatable bonds is 5. The summed E-state index contributed by atoms with van der Waals surface area (Å²) >= 11 is 0. The molecule has 1 aliphatic heterocycles. The lowest BCUT2D eigenvalue weighted by Crippen LogP contribution is -2.58. The number of aliphatic hydroxyl groups excluding tert-OH is 1. The van der Waals surface area contributed by atoms with Gasteiger partial charge in [-0.15, -0.1) is 0 Å². The van der Waals surface area contributed by atoms with Gasteiger partial charge in [-0.2, -0.15) is 0 Å². The monoisotopic (exact) mass is 561 g/mol. The van der Waals surface area contributed by atoms with Crippen LogP contribution in [0.15, 0.2) is 94.9 Å². The molecule has 1 aromatic heterocycles. The third-order valence-electron chi connectivity index (χ3n) is 9.91. The van der Waals surface area contributed by atoms with Gasteiger partial charge in [0, 0.05) is 18.0 Å². The Morgan fingerprint density at radius 1 is 0.905 bits per heavy atom. The number of carbonyl (C=O) groups excluding carboxylic acids is 4. The molecule has 7 heteroatoms. The lowest BCUT2D eigenvalue weighted by atomic mass is 9.45. The van der Waals surface area contributed by atoms with E-state index in [4.69, 9.17) is 4.42 Å². The molecule has 6 unspecified atom stereocenters. The highest BCUT2D eigenvalue weighted by Gasteiger charge is 2.66. The van der Waals surface area contributed by atoms with Crippen molar-refractivity contribution in [3.05, 3.63) is 113 Å². The second-order valence-electron chi connectivity index (χ2n) is 11.7. The van der Waals surface area contributed by atoms with Crippen LogP contribution in [0.25, 0.3) is 5.57 Å². The first kappa shape index (κ1) is 26.5. The number of likely N-dealkylation sites (tertiary alicyclic amines) is 1. The van der Waals surface area contributed by atoms with Crippen molar-refractivity contribution >= 4 is 29.0 Å². The number of carbonyl (C=O) groups is 4. The lowest BCUT2D eigenvalue weighted by molar-refractivity contribution is -0.140. The molecule has 42 heavy (non-hydrogen) atoms. The Bertz CT molecular complexity index is 1670. The largest absolute Gasteiger partial charge is 0.463 e. The van der Waals surface area contributed by atoms with E-state index in [1.807, 2.05) is 66.7 Å². The van der Waals surface area contributed by atoms with Crippen LogP contribution >= 0.6 is 0 Å². The van der Waals surface area contributed by atoms with Gasteiger partial charge in [0.2, 0.25) is 11.8 Å². The van der Waals surface area contributed by atoms with Crippen molar-refractivity contribution in [2.75, 3.05) is 6.54 Å². The van der Waals surface area contributed by atoms with E-state index < -0.39 is 35.0 Å². The Morgan fingerprint density at radius 2 is 1.62 bits per heavy atom. The average molecular weight is 562 g/mol. The van der Waals surface area contributed by atoms with Crippen LogP contribution < -0.4 is 0 Å². The number of furan rings is 1. The third-order valence-corrected chi connectivity index (χ3v) is 9.91. The van der Waals surface area contributed by atoms with Crippen LogP contribution in [0.4, 0.5) is 0 Å². The summed E-state index contributed by atoms with van der Waals surface area (Å²) < 4.78 is 6.18. The predicted octanol–water partition coefficient (Wildman–Crippen LogP) is 4.62. The molecule has 6 atom stereocenters. The van der Waals surface area contributed by atoms with E-state index in [1.54, 1.807) is 19.1 Å². The van der Waals surface area contributed by atoms with Crippen molar-refractivity contribution < 1.29 is 28.7 Å². The molecule has 3 aromatic rings. The number of nitrogens with zero attached hydrogens (tertiary/aromatic N) is 1. The molecule has 1 saturated carbocycles. The van der Waals surface area contributed by atoms with Crippen LogP contribution in [0.1, 0.15) is 48.3 Å². The zero-order valence-electron chi connectivity index (χ0n) is 23.2. The Labute approximate surface area is 243 Å². The number of imide groups is 1. The van der Waals surface area contributed by atoms with Crippen molar-refractivity contribution in [3.63, 3.8) is 0 Å². The van der Waals surface area contributed by atoms with E-state index in [0.29, 0.717) is 41.2 Å². The third kappa shape index (κ3) is 3.56. The minimum absolute atomic E-state index is 0.158. The van der Waals surface area contributed by atoms with Crippen LogP contribution in [0.2, 0.25) is 0 Å². The molecular weight excluding hydrogens is 530 g/mol. The number of hydrogen-bond donors (Lipinski definition) is 1. The number of Topliss-reactive ketones (excluding diaryl/α,β-unsaturated/α-hetero) is 1. The van der Waals surface area contributed by atoms with E-state index in [2.05, 4.69) is 0 Å². The summed E-state index contributed by atoms with van der Waals surface area (Å²) in [5.41, 5.74) is 1.25. The fourth-order valence-electron chi connectivity index (χ4n) is 8.19. The van der Waals surface area contributed by atoms with Crippen LogP contribution in [-0.4, -0.2) is 39.9 Å². The summed E-state index contributed by atoms with van der Waals surface area (Å²) in [6, 6.07) is 22.0. The molecule has 3 aliphatic carbocycles. The molecule has 2 amide bonds. The summed E-state index contributed by atoms with van der Waals surface area (Å²) in [5, 5.41) is 9.87. The molecular formula is C35H31NO6. The van der Waals surface area contributed by atoms with Gasteiger partial charge in [0.1, 0.15) is 18.1 Å². The minimum atomic E-state index is -1.33. The smallest absolute Gasteiger partial charge is 0.233 e. The number of hydrogen-bond acceptors (Lipinski definition) is 6. The molecule has 2 fully saturated rings. The van der Waals surface area contributed by atoms with Crippen LogP contribution in [0.5, 0.6) is 0 Å². The van der Waals surface area contributed by atoms with E-state index in [1.165, 1.54) is 11.0 Å². The number of aliphatic hydroxyl groups is 1. The molecule has 1 saturated heterocycles. The first-order valence-corrected chi connectivity index (χ1v) is 14.6. The highest BCUT2D eigenvalue weighted by molar-refractivity contribution is 6.31. The molecule has 4 aliphatic rings. The Hall–Kier alpha value is -4.36. The van der Waals surface area contributed by atoms with Gasteiger partial charge in [-0.25, -0.2) is 0 Å². The Morgan fingerprint density at radius 3 is 2.29 bits per heavy atom. The van der Waals surface area contributed by atoms with Crippen molar-refractivity contribution in [1.82, 2.24) is 4.90 Å². The summed E-state index contributed by atoms with van der Waals surface area (Å²) in [7, 11) is 0. The number of fused-ring (bicyclic) bond motifs is 4. The molecule has 0 radical (unpaired) electrons. The van der Waals surface area contributed by atoms with E-state index in [-0.39, 0.29) is 36.4 Å². The van der Waals surface area contributed by atoms with Gasteiger partial charge in [-0.05, 0) is 55.0 Å². The van der Waals surface area contributed by atoms with Gasteiger partial charge in [-0.1, -0.05) is 72.3 Å². The van der Waals surface area contributed by atoms with E-state index >= 15 is 0 Å². The highest BCUT2D eigenvalue weighted by Crippen LogP contribution is 2.63. The fourth-order valence-corrected chi connectivity index (χ4v) is 8.19. The normalized spacial score (nSPS) is 30.4. The Balaban J connectivity index is 1.50. The number of allylic oxidation sites excluding steroid dienone is 4. The standard InChI is InChI=1S/C35H31NO6/c1-2-36-33(40)24-15-14-23-26(30(24)34(36)41)17-27-32(39)25(20-9-5-3-6-10-20)18-29(38)35(27,21-11-7-4-8-12-21)31(23)28-16-13-22(19-37)42-28/h3-14,16,18,24,26-27,30-31,37H,2,15,17,19H2,1H3. The minimum Gasteiger partial charge on any atom is -0.463 e. The molecule has 2 aromatic carbocycles. The topological polar surface area (TPSA) is 105 Å². The zero-order valence-corrected chi connectivity index (χ0v) is 23.2. The predicted molar refractivity (Wildman–Crippen MR) is 154 cm³/mol. The van der Waals surface area contributed by atoms with Crippen LogP contribution in [0.3, 0.4) is 0 Å². The maximum Gasteiger partial charge on any atom is 0.233 e. The van der Waals surface area contributed by atoms with Crippen molar-refractivity contribution in [2.24, 2.45) is 23.7 Å². The van der Waals surface area contributed by atoms with E-state index in [9.17, 15) is 24.3 Å². The van der Waals surface area contributed by atoms with Gasteiger partial charge in [-0.3, -0.25) is 24.1 Å². The maximum atomic E-state index is 14.8.